The summed E-state index contributed by atoms with van der Waals surface area (Å²) in [5.74, 6) is 0.639. The Hall–Kier alpha value is -4.47. The van der Waals surface area contributed by atoms with Gasteiger partial charge in [0.1, 0.15) is 0 Å². The van der Waals surface area contributed by atoms with Gasteiger partial charge in [-0.25, -0.2) is 9.97 Å². The number of fused-ring (bicyclic) bond motifs is 8. The Morgan fingerprint density at radius 2 is 1.44 bits per heavy atom. The average molecular weight is 522 g/mol. The van der Waals surface area contributed by atoms with E-state index in [1.165, 1.54) is 27.6 Å². The number of hydrogen-bond donors (Lipinski definition) is 0. The Kier molecular flexibility index (Phi) is 4.63. The van der Waals surface area contributed by atoms with Crippen molar-refractivity contribution >= 4 is 44.3 Å². The van der Waals surface area contributed by atoms with E-state index >= 15 is 0 Å². The van der Waals surface area contributed by atoms with Crippen LogP contribution in [0.15, 0.2) is 109 Å². The zero-order valence-corrected chi connectivity index (χ0v) is 22.4. The molecule has 0 spiro atoms. The highest BCUT2D eigenvalue weighted by molar-refractivity contribution is 6.32. The summed E-state index contributed by atoms with van der Waals surface area (Å²) in [6.07, 6.45) is 0. The van der Waals surface area contributed by atoms with E-state index in [4.69, 9.17) is 21.6 Å². The van der Waals surface area contributed by atoms with Crippen LogP contribution in [0.3, 0.4) is 0 Å². The molecule has 1 aliphatic carbocycles. The van der Waals surface area contributed by atoms with Crippen LogP contribution in [0.1, 0.15) is 25.0 Å². The van der Waals surface area contributed by atoms with Crippen molar-refractivity contribution in [2.45, 2.75) is 19.3 Å². The van der Waals surface area contributed by atoms with Gasteiger partial charge in [-0.1, -0.05) is 110 Å². The van der Waals surface area contributed by atoms with Crippen LogP contribution in [-0.4, -0.2) is 14.5 Å². The second-order valence-electron chi connectivity index (χ2n) is 10.8. The second-order valence-corrected chi connectivity index (χ2v) is 11.2. The maximum absolute atomic E-state index is 6.62. The summed E-state index contributed by atoms with van der Waals surface area (Å²) < 4.78 is 2.18. The molecule has 2 heterocycles. The molecule has 0 saturated carbocycles. The topological polar surface area (TPSA) is 30.7 Å². The van der Waals surface area contributed by atoms with Crippen LogP contribution in [0.4, 0.5) is 0 Å². The fourth-order valence-corrected chi connectivity index (χ4v) is 6.64. The first kappa shape index (κ1) is 22.5. The van der Waals surface area contributed by atoms with Gasteiger partial charge in [0, 0.05) is 32.2 Å². The quantitative estimate of drug-likeness (QED) is 0.227. The monoisotopic (exact) mass is 521 g/mol. The molecule has 7 aromatic rings. The van der Waals surface area contributed by atoms with E-state index in [1.54, 1.807) is 0 Å². The minimum atomic E-state index is -0.0824. The molecule has 0 unspecified atom stereocenters. The summed E-state index contributed by atoms with van der Waals surface area (Å²) in [4.78, 5) is 10.3. The molecule has 0 saturated heterocycles. The third-order valence-electron chi connectivity index (χ3n) is 8.28. The van der Waals surface area contributed by atoms with Crippen LogP contribution in [0, 0.1) is 0 Å². The number of halogens is 1. The summed E-state index contributed by atoms with van der Waals surface area (Å²) in [5, 5.41) is 4.09. The fraction of sp³-hybridized carbons (Fsp3) is 0.0857. The van der Waals surface area contributed by atoms with Crippen LogP contribution in [0.25, 0.3) is 61.0 Å². The van der Waals surface area contributed by atoms with Crippen molar-refractivity contribution in [3.05, 3.63) is 125 Å². The number of nitrogens with zero attached hydrogens (tertiary/aromatic N) is 3. The highest BCUT2D eigenvalue weighted by Crippen LogP contribution is 2.53. The smallest absolute Gasteiger partial charge is 0.235 e. The van der Waals surface area contributed by atoms with Crippen LogP contribution in [-0.2, 0) is 5.41 Å². The highest BCUT2D eigenvalue weighted by atomic mass is 35.5. The minimum Gasteiger partial charge on any atom is -0.278 e. The van der Waals surface area contributed by atoms with Gasteiger partial charge >= 0.3 is 0 Å². The van der Waals surface area contributed by atoms with Gasteiger partial charge < -0.3 is 0 Å². The Bertz CT molecular complexity index is 2110. The van der Waals surface area contributed by atoms with Crippen molar-refractivity contribution in [2.75, 3.05) is 0 Å². The zero-order chi connectivity index (χ0) is 26.3. The van der Waals surface area contributed by atoms with Crippen LogP contribution in [0.5, 0.6) is 0 Å². The normalized spacial score (nSPS) is 13.7. The van der Waals surface area contributed by atoms with E-state index in [0.717, 1.165) is 38.6 Å². The maximum Gasteiger partial charge on any atom is 0.235 e. The van der Waals surface area contributed by atoms with Crippen molar-refractivity contribution < 1.29 is 0 Å². The number of para-hydroxylation sites is 1. The molecule has 0 fully saturated rings. The molecule has 3 nitrogen and oxygen atoms in total. The number of aromatic nitrogens is 3. The van der Waals surface area contributed by atoms with Crippen LogP contribution in [0.2, 0.25) is 5.02 Å². The lowest BCUT2D eigenvalue weighted by molar-refractivity contribution is 0.661. The Morgan fingerprint density at radius 3 is 2.31 bits per heavy atom. The summed E-state index contributed by atoms with van der Waals surface area (Å²) in [6, 6.07) is 38.0. The molecule has 1 aliphatic rings. The summed E-state index contributed by atoms with van der Waals surface area (Å²) >= 11 is 6.62. The van der Waals surface area contributed by atoms with Gasteiger partial charge in [-0.3, -0.25) is 4.57 Å². The molecule has 0 amide bonds. The van der Waals surface area contributed by atoms with E-state index in [-0.39, 0.29) is 5.41 Å². The van der Waals surface area contributed by atoms with Gasteiger partial charge in [-0.15, -0.1) is 0 Å². The van der Waals surface area contributed by atoms with Crippen molar-refractivity contribution in [3.63, 3.8) is 0 Å². The first-order valence-corrected chi connectivity index (χ1v) is 13.6. The van der Waals surface area contributed by atoms with E-state index in [0.29, 0.717) is 11.0 Å². The van der Waals surface area contributed by atoms with Gasteiger partial charge in [0.2, 0.25) is 5.95 Å². The lowest BCUT2D eigenvalue weighted by Crippen LogP contribution is -2.14. The van der Waals surface area contributed by atoms with Gasteiger partial charge in [0.15, 0.2) is 0 Å². The molecule has 0 aliphatic heterocycles. The molecule has 0 radical (unpaired) electrons. The van der Waals surface area contributed by atoms with Crippen molar-refractivity contribution in [2.24, 2.45) is 0 Å². The van der Waals surface area contributed by atoms with Gasteiger partial charge in [-0.2, -0.15) is 0 Å². The molecule has 2 aromatic heterocycles. The highest BCUT2D eigenvalue weighted by Gasteiger charge is 2.37. The summed E-state index contributed by atoms with van der Waals surface area (Å²) in [5.41, 5.74) is 10.2. The molecule has 5 aromatic carbocycles. The molecule has 186 valence electrons. The molecule has 4 heteroatoms. The second kappa shape index (κ2) is 8.02. The summed E-state index contributed by atoms with van der Waals surface area (Å²) in [6.45, 7) is 4.64. The first-order chi connectivity index (χ1) is 19.0. The molecule has 0 N–H and O–H groups in total. The Morgan fingerprint density at radius 1 is 0.667 bits per heavy atom. The lowest BCUT2D eigenvalue weighted by Gasteiger charge is -2.21. The summed E-state index contributed by atoms with van der Waals surface area (Å²) in [7, 11) is 0. The van der Waals surface area contributed by atoms with Crippen LogP contribution >= 0.6 is 11.6 Å². The van der Waals surface area contributed by atoms with Gasteiger partial charge in [-0.05, 0) is 46.5 Å². The van der Waals surface area contributed by atoms with E-state index in [9.17, 15) is 0 Å². The lowest BCUT2D eigenvalue weighted by atomic mass is 9.82. The third kappa shape index (κ3) is 3.11. The molecule has 8 rings (SSSR count). The standard InChI is InChI=1S/C35H24ClN3/c1-35(2)26-14-8-6-12-23(26)31-27(35)18-19-29-32(31)25-17-16-22(36)20-30(25)39(29)34-37-28-15-9-7-13-24(28)33(38-34)21-10-4-3-5-11-21/h3-20H,1-2H3. The van der Waals surface area contributed by atoms with E-state index in [2.05, 4.69) is 97.3 Å². The van der Waals surface area contributed by atoms with Gasteiger partial charge in [0.05, 0.1) is 22.2 Å². The van der Waals surface area contributed by atoms with E-state index in [1.807, 2.05) is 30.3 Å². The largest absolute Gasteiger partial charge is 0.278 e. The Balaban J connectivity index is 1.53. The average Bonchev–Trinajstić information content (AvgIpc) is 3.41. The number of hydrogen-bond acceptors (Lipinski definition) is 2. The van der Waals surface area contributed by atoms with Crippen LogP contribution < -0.4 is 0 Å². The first-order valence-electron chi connectivity index (χ1n) is 13.2. The fourth-order valence-electron chi connectivity index (χ4n) is 6.47. The molecular formula is C35H24ClN3. The zero-order valence-electron chi connectivity index (χ0n) is 21.6. The molecule has 0 atom stereocenters. The number of rotatable bonds is 2. The molecule has 0 bridgehead atoms. The SMILES string of the molecule is CC1(C)c2ccccc2-c2c1ccc1c2c2ccc(Cl)cc2n1-c1nc(-c2ccccc2)c2ccccc2n1. The predicted molar refractivity (Wildman–Crippen MR) is 162 cm³/mol. The van der Waals surface area contributed by atoms with E-state index < -0.39 is 0 Å². The molecular weight excluding hydrogens is 498 g/mol. The van der Waals surface area contributed by atoms with Crippen molar-refractivity contribution in [1.82, 2.24) is 14.5 Å². The third-order valence-corrected chi connectivity index (χ3v) is 8.51. The minimum absolute atomic E-state index is 0.0824. The Labute approximate surface area is 231 Å². The van der Waals surface area contributed by atoms with Gasteiger partial charge in [0.25, 0.3) is 0 Å². The predicted octanol–water partition coefficient (Wildman–Crippen LogP) is 9.35. The number of benzene rings is 5. The van der Waals surface area contributed by atoms with Crippen molar-refractivity contribution in [1.29, 1.82) is 0 Å². The molecule has 39 heavy (non-hydrogen) atoms. The maximum atomic E-state index is 6.62. The van der Waals surface area contributed by atoms with Crippen molar-refractivity contribution in [3.8, 4) is 28.3 Å².